The van der Waals surface area contributed by atoms with Gasteiger partial charge in [0.15, 0.2) is 0 Å². The zero-order chi connectivity index (χ0) is 20.5. The van der Waals surface area contributed by atoms with Gasteiger partial charge in [0.25, 0.3) is 5.91 Å². The minimum Gasteiger partial charge on any atom is -0.490 e. The van der Waals surface area contributed by atoms with E-state index in [0.717, 1.165) is 25.7 Å². The topological polar surface area (TPSA) is 68.3 Å². The summed E-state index contributed by atoms with van der Waals surface area (Å²) in [7, 11) is 3.02. The lowest BCUT2D eigenvalue weighted by Crippen LogP contribution is -2.50. The van der Waals surface area contributed by atoms with Gasteiger partial charge in [-0.2, -0.15) is 0 Å². The fraction of sp³-hybridized carbons (Fsp3) is 0.619. The van der Waals surface area contributed by atoms with Crippen LogP contribution in [0.3, 0.4) is 0 Å². The van der Waals surface area contributed by atoms with Crippen molar-refractivity contribution in [1.82, 2.24) is 9.96 Å². The summed E-state index contributed by atoms with van der Waals surface area (Å²) in [5, 5.41) is 1.18. The second-order valence-corrected chi connectivity index (χ2v) is 8.50. The maximum atomic E-state index is 12.6. The Kier molecular flexibility index (Phi) is 5.84. The third-order valence-electron chi connectivity index (χ3n) is 5.24. The Morgan fingerprint density at radius 1 is 1.14 bits per heavy atom. The number of benzene rings is 1. The molecule has 3 atom stereocenters. The summed E-state index contributed by atoms with van der Waals surface area (Å²) in [6, 6.07) is 7.41. The summed E-state index contributed by atoms with van der Waals surface area (Å²) < 4.78 is 11.8. The Hall–Kier alpha value is -2.28. The first-order chi connectivity index (χ1) is 13.2. The van der Waals surface area contributed by atoms with E-state index in [4.69, 9.17) is 14.3 Å². The van der Waals surface area contributed by atoms with E-state index in [9.17, 15) is 9.59 Å². The largest absolute Gasteiger partial charge is 0.490 e. The first-order valence-corrected chi connectivity index (χ1v) is 9.78. The minimum absolute atomic E-state index is 0.0155. The number of hydrogen-bond donors (Lipinski definition) is 0. The molecule has 0 aliphatic carbocycles. The molecular weight excluding hydrogens is 360 g/mol. The molecule has 2 saturated heterocycles. The number of carbonyl (C=O) groups excluding carboxylic acids is 2. The summed E-state index contributed by atoms with van der Waals surface area (Å²) in [5.41, 5.74) is 0.0164. The molecule has 2 bridgehead atoms. The molecule has 1 aromatic rings. The van der Waals surface area contributed by atoms with E-state index in [1.54, 1.807) is 25.2 Å². The molecule has 0 radical (unpaired) electrons. The van der Waals surface area contributed by atoms with Crippen molar-refractivity contribution in [1.29, 1.82) is 0 Å². The fourth-order valence-corrected chi connectivity index (χ4v) is 4.00. The number of ether oxygens (including phenoxy) is 2. The van der Waals surface area contributed by atoms with Gasteiger partial charge in [0, 0.05) is 37.5 Å². The first kappa shape index (κ1) is 20.5. The van der Waals surface area contributed by atoms with Crippen LogP contribution in [0.1, 0.15) is 56.8 Å². The van der Waals surface area contributed by atoms with Gasteiger partial charge >= 0.3 is 6.09 Å². The number of carbonyl (C=O) groups is 2. The van der Waals surface area contributed by atoms with Gasteiger partial charge in [-0.1, -0.05) is 6.07 Å². The monoisotopic (exact) mass is 390 g/mol. The van der Waals surface area contributed by atoms with Crippen molar-refractivity contribution < 1.29 is 23.9 Å². The van der Waals surface area contributed by atoms with Gasteiger partial charge in [-0.05, 0) is 51.8 Å². The van der Waals surface area contributed by atoms with Crippen molar-refractivity contribution in [2.24, 2.45) is 0 Å². The van der Waals surface area contributed by atoms with Gasteiger partial charge in [0.05, 0.1) is 7.11 Å². The van der Waals surface area contributed by atoms with Crippen LogP contribution in [0.2, 0.25) is 0 Å². The molecule has 154 valence electrons. The Morgan fingerprint density at radius 2 is 1.79 bits per heavy atom. The average Bonchev–Trinajstić information content (AvgIpc) is 2.90. The number of hydroxylamine groups is 2. The molecule has 7 nitrogen and oxygen atoms in total. The van der Waals surface area contributed by atoms with Crippen LogP contribution >= 0.6 is 0 Å². The summed E-state index contributed by atoms with van der Waals surface area (Å²) in [5.74, 6) is 0.429. The third-order valence-corrected chi connectivity index (χ3v) is 5.24. The van der Waals surface area contributed by atoms with E-state index in [2.05, 4.69) is 0 Å². The number of amides is 2. The molecule has 2 aliphatic rings. The number of fused-ring (bicyclic) bond motifs is 2. The van der Waals surface area contributed by atoms with Crippen LogP contribution in [0.15, 0.2) is 24.3 Å². The molecule has 7 heteroatoms. The van der Waals surface area contributed by atoms with E-state index in [0.29, 0.717) is 11.3 Å². The molecule has 0 aromatic heterocycles. The molecule has 3 rings (SSSR count). The van der Waals surface area contributed by atoms with E-state index in [1.807, 2.05) is 31.7 Å². The van der Waals surface area contributed by atoms with Crippen molar-refractivity contribution in [3.05, 3.63) is 29.8 Å². The lowest BCUT2D eigenvalue weighted by Gasteiger charge is -2.39. The average molecular weight is 390 g/mol. The van der Waals surface area contributed by atoms with E-state index >= 15 is 0 Å². The van der Waals surface area contributed by atoms with Crippen LogP contribution in [0.5, 0.6) is 5.75 Å². The van der Waals surface area contributed by atoms with E-state index in [1.165, 1.54) is 12.2 Å². The van der Waals surface area contributed by atoms with Crippen molar-refractivity contribution in [2.75, 3.05) is 14.2 Å². The van der Waals surface area contributed by atoms with Crippen LogP contribution in [0.4, 0.5) is 4.79 Å². The van der Waals surface area contributed by atoms with Crippen LogP contribution in [-0.2, 0) is 9.57 Å². The summed E-state index contributed by atoms with van der Waals surface area (Å²) in [6.45, 7) is 5.66. The number of hydrogen-bond acceptors (Lipinski definition) is 5. The summed E-state index contributed by atoms with van der Waals surface area (Å²) in [6.07, 6.45) is 3.27. The van der Waals surface area contributed by atoms with Crippen LogP contribution in [-0.4, -0.2) is 59.9 Å². The molecule has 2 aliphatic heterocycles. The standard InChI is InChI=1S/C21H30N2O5/c1-21(2,3)28-20(25)23-15-9-10-16(23)13-18(12-15)27-17-8-6-7-14(11-17)19(24)22(4)26-5/h6-8,11,15-16,18H,9-10,12-13H2,1-5H3/t15-,16+,18+. The second-order valence-electron chi connectivity index (χ2n) is 8.50. The van der Waals surface area contributed by atoms with E-state index in [-0.39, 0.29) is 30.2 Å². The highest BCUT2D eigenvalue weighted by Gasteiger charge is 2.45. The molecule has 2 fully saturated rings. The van der Waals surface area contributed by atoms with Crippen molar-refractivity contribution in [3.63, 3.8) is 0 Å². The molecular formula is C21H30N2O5. The zero-order valence-electron chi connectivity index (χ0n) is 17.3. The zero-order valence-corrected chi connectivity index (χ0v) is 17.3. The van der Waals surface area contributed by atoms with Crippen LogP contribution in [0.25, 0.3) is 0 Å². The smallest absolute Gasteiger partial charge is 0.410 e. The quantitative estimate of drug-likeness (QED) is 0.735. The van der Waals surface area contributed by atoms with Crippen LogP contribution < -0.4 is 4.74 Å². The van der Waals surface area contributed by atoms with Crippen LogP contribution in [0, 0.1) is 0 Å². The van der Waals surface area contributed by atoms with Gasteiger partial charge in [-0.15, -0.1) is 0 Å². The van der Waals surface area contributed by atoms with Gasteiger partial charge < -0.3 is 14.4 Å². The van der Waals surface area contributed by atoms with Crippen molar-refractivity contribution >= 4 is 12.0 Å². The SMILES string of the molecule is CON(C)C(=O)c1cccc(O[C@H]2C[C@H]3CC[C@@H](C2)N3C(=O)OC(C)(C)C)c1. The van der Waals surface area contributed by atoms with Gasteiger partial charge in [0.1, 0.15) is 17.5 Å². The maximum Gasteiger partial charge on any atom is 0.410 e. The third kappa shape index (κ3) is 4.58. The second kappa shape index (κ2) is 7.99. The molecule has 1 aromatic carbocycles. The van der Waals surface area contributed by atoms with Gasteiger partial charge in [-0.3, -0.25) is 9.63 Å². The lowest BCUT2D eigenvalue weighted by molar-refractivity contribution is -0.0757. The highest BCUT2D eigenvalue weighted by atomic mass is 16.7. The predicted octanol–water partition coefficient (Wildman–Crippen LogP) is 3.63. The first-order valence-electron chi connectivity index (χ1n) is 9.78. The normalized spacial score (nSPS) is 24.0. The molecule has 0 spiro atoms. The fourth-order valence-electron chi connectivity index (χ4n) is 4.00. The lowest BCUT2D eigenvalue weighted by atomic mass is 10.00. The van der Waals surface area contributed by atoms with E-state index < -0.39 is 5.60 Å². The number of rotatable bonds is 4. The number of nitrogens with zero attached hydrogens (tertiary/aromatic N) is 2. The maximum absolute atomic E-state index is 12.6. The molecule has 0 saturated carbocycles. The highest BCUT2D eigenvalue weighted by Crippen LogP contribution is 2.38. The Labute approximate surface area is 166 Å². The molecule has 0 unspecified atom stereocenters. The predicted molar refractivity (Wildman–Crippen MR) is 104 cm³/mol. The Balaban J connectivity index is 1.64. The Bertz CT molecular complexity index is 716. The molecule has 2 heterocycles. The number of piperidine rings is 1. The summed E-state index contributed by atoms with van der Waals surface area (Å²) in [4.78, 5) is 31.7. The highest BCUT2D eigenvalue weighted by molar-refractivity contribution is 5.93. The van der Waals surface area contributed by atoms with Crippen molar-refractivity contribution in [3.8, 4) is 5.75 Å². The van der Waals surface area contributed by atoms with Gasteiger partial charge in [-0.25, -0.2) is 9.86 Å². The molecule has 2 amide bonds. The summed E-state index contributed by atoms with van der Waals surface area (Å²) >= 11 is 0. The Morgan fingerprint density at radius 3 is 2.36 bits per heavy atom. The van der Waals surface area contributed by atoms with Gasteiger partial charge in [0.2, 0.25) is 0 Å². The molecule has 28 heavy (non-hydrogen) atoms. The van der Waals surface area contributed by atoms with Crippen molar-refractivity contribution in [2.45, 2.75) is 70.2 Å². The minimum atomic E-state index is -0.494. The molecule has 0 N–H and O–H groups in total.